The molecule has 0 N–H and O–H groups in total. The molecule has 5 unspecified atom stereocenters. The van der Waals surface area contributed by atoms with E-state index in [9.17, 15) is 4.79 Å². The number of fused-ring (bicyclic) bond motifs is 2. The van der Waals surface area contributed by atoms with E-state index in [1.165, 1.54) is 38.5 Å². The van der Waals surface area contributed by atoms with Crippen LogP contribution in [0.15, 0.2) is 0 Å². The molecule has 0 aromatic rings. The summed E-state index contributed by atoms with van der Waals surface area (Å²) in [5.74, 6) is 2.25. The van der Waals surface area contributed by atoms with Crippen LogP contribution in [0.4, 0.5) is 0 Å². The average molecular weight is 249 g/mol. The van der Waals surface area contributed by atoms with Gasteiger partial charge in [0.25, 0.3) is 0 Å². The molecule has 2 bridgehead atoms. The van der Waals surface area contributed by atoms with E-state index in [-0.39, 0.29) is 0 Å². The quantitative estimate of drug-likeness (QED) is 0.710. The van der Waals surface area contributed by atoms with E-state index in [1.54, 1.807) is 0 Å². The van der Waals surface area contributed by atoms with Gasteiger partial charge in [-0.1, -0.05) is 20.3 Å². The zero-order valence-electron chi connectivity index (χ0n) is 11.9. The minimum Gasteiger partial charge on any atom is -0.300 e. The van der Waals surface area contributed by atoms with Crippen molar-refractivity contribution in [1.82, 2.24) is 4.90 Å². The molecule has 2 heterocycles. The zero-order chi connectivity index (χ0) is 12.7. The molecule has 2 saturated heterocycles. The molecule has 2 aliphatic heterocycles. The summed E-state index contributed by atoms with van der Waals surface area (Å²) in [6.07, 6.45) is 9.69. The van der Waals surface area contributed by atoms with Crippen molar-refractivity contribution < 1.29 is 4.79 Å². The van der Waals surface area contributed by atoms with Crippen molar-refractivity contribution in [2.75, 3.05) is 0 Å². The number of nitrogens with zero attached hydrogens (tertiary/aromatic N) is 1. The van der Waals surface area contributed by atoms with Crippen LogP contribution in [0.3, 0.4) is 0 Å². The van der Waals surface area contributed by atoms with Crippen molar-refractivity contribution in [1.29, 1.82) is 0 Å². The highest BCUT2D eigenvalue weighted by atomic mass is 16.1. The summed E-state index contributed by atoms with van der Waals surface area (Å²) in [5, 5.41) is 0. The lowest BCUT2D eigenvalue weighted by molar-refractivity contribution is -0.130. The van der Waals surface area contributed by atoms with Gasteiger partial charge in [-0.3, -0.25) is 9.69 Å². The van der Waals surface area contributed by atoms with Crippen LogP contribution in [0, 0.1) is 11.8 Å². The first-order valence-electron chi connectivity index (χ1n) is 7.94. The third-order valence-electron chi connectivity index (χ3n) is 5.61. The van der Waals surface area contributed by atoms with Gasteiger partial charge in [0.1, 0.15) is 5.78 Å². The first-order valence-corrected chi connectivity index (χ1v) is 7.94. The third kappa shape index (κ3) is 2.24. The van der Waals surface area contributed by atoms with E-state index in [0.717, 1.165) is 30.7 Å². The molecule has 0 radical (unpaired) electrons. The molecule has 102 valence electrons. The van der Waals surface area contributed by atoms with Crippen molar-refractivity contribution >= 4 is 5.78 Å². The summed E-state index contributed by atoms with van der Waals surface area (Å²) in [6.45, 7) is 4.83. The lowest BCUT2D eigenvalue weighted by Crippen LogP contribution is -2.59. The fourth-order valence-electron chi connectivity index (χ4n) is 4.84. The monoisotopic (exact) mass is 249 g/mol. The molecule has 18 heavy (non-hydrogen) atoms. The molecule has 2 nitrogen and oxygen atoms in total. The lowest BCUT2D eigenvalue weighted by atomic mass is 9.74. The van der Waals surface area contributed by atoms with E-state index in [1.807, 2.05) is 0 Å². The Balaban J connectivity index is 1.76. The van der Waals surface area contributed by atoms with Gasteiger partial charge in [-0.2, -0.15) is 0 Å². The number of hydrogen-bond donors (Lipinski definition) is 0. The van der Waals surface area contributed by atoms with Crippen LogP contribution in [-0.4, -0.2) is 28.8 Å². The Bertz CT molecular complexity index is 311. The molecule has 0 amide bonds. The van der Waals surface area contributed by atoms with Gasteiger partial charge >= 0.3 is 0 Å². The summed E-state index contributed by atoms with van der Waals surface area (Å²) < 4.78 is 0. The molecule has 0 aromatic heterocycles. The predicted molar refractivity (Wildman–Crippen MR) is 73.5 cm³/mol. The summed E-state index contributed by atoms with van der Waals surface area (Å²) in [4.78, 5) is 14.6. The number of carbonyl (C=O) groups excluding carboxylic acids is 1. The Hall–Kier alpha value is -0.370. The number of piperidine rings is 2. The molecule has 3 aliphatic rings. The SMILES string of the molecule is CC1CCC(N2C3CCCC2CC(=O)C3)C(C)C1. The number of carbonyl (C=O) groups is 1. The van der Waals surface area contributed by atoms with Crippen LogP contribution in [0.25, 0.3) is 0 Å². The summed E-state index contributed by atoms with van der Waals surface area (Å²) in [5.41, 5.74) is 0. The van der Waals surface area contributed by atoms with Crippen LogP contribution >= 0.6 is 0 Å². The average Bonchev–Trinajstić information content (AvgIpc) is 2.28. The molecular formula is C16H27NO. The zero-order valence-corrected chi connectivity index (χ0v) is 11.9. The maximum atomic E-state index is 11.8. The van der Waals surface area contributed by atoms with Gasteiger partial charge in [-0.15, -0.1) is 0 Å². The molecule has 0 spiro atoms. The Morgan fingerprint density at radius 3 is 2.28 bits per heavy atom. The first kappa shape index (κ1) is 12.7. The van der Waals surface area contributed by atoms with E-state index in [0.29, 0.717) is 17.9 Å². The predicted octanol–water partition coefficient (Wildman–Crippen LogP) is 3.40. The highest BCUT2D eigenvalue weighted by Crippen LogP contribution is 2.40. The van der Waals surface area contributed by atoms with E-state index in [4.69, 9.17) is 0 Å². The van der Waals surface area contributed by atoms with Crippen molar-refractivity contribution in [3.05, 3.63) is 0 Å². The Morgan fingerprint density at radius 2 is 1.67 bits per heavy atom. The van der Waals surface area contributed by atoms with Gasteiger partial charge in [0, 0.05) is 31.0 Å². The largest absolute Gasteiger partial charge is 0.300 e. The van der Waals surface area contributed by atoms with E-state index < -0.39 is 0 Å². The summed E-state index contributed by atoms with van der Waals surface area (Å²) >= 11 is 0. The van der Waals surface area contributed by atoms with Crippen molar-refractivity contribution in [2.24, 2.45) is 11.8 Å². The van der Waals surface area contributed by atoms with Crippen LogP contribution in [0.1, 0.15) is 65.2 Å². The normalized spacial score (nSPS) is 46.1. The highest BCUT2D eigenvalue weighted by Gasteiger charge is 2.43. The number of Topliss-reactive ketones (excluding diaryl/α,β-unsaturated/α-hetero) is 1. The van der Waals surface area contributed by atoms with Crippen molar-refractivity contribution in [3.63, 3.8) is 0 Å². The van der Waals surface area contributed by atoms with Crippen molar-refractivity contribution in [3.8, 4) is 0 Å². The van der Waals surface area contributed by atoms with Crippen molar-refractivity contribution in [2.45, 2.75) is 83.3 Å². The van der Waals surface area contributed by atoms with Gasteiger partial charge in [0.2, 0.25) is 0 Å². The summed E-state index contributed by atoms with van der Waals surface area (Å²) in [7, 11) is 0. The Kier molecular flexibility index (Phi) is 3.48. The van der Waals surface area contributed by atoms with E-state index in [2.05, 4.69) is 18.7 Å². The number of hydrogen-bond acceptors (Lipinski definition) is 2. The van der Waals surface area contributed by atoms with Crippen LogP contribution in [0.5, 0.6) is 0 Å². The van der Waals surface area contributed by atoms with Gasteiger partial charge in [0.05, 0.1) is 0 Å². The van der Waals surface area contributed by atoms with Gasteiger partial charge in [0.15, 0.2) is 0 Å². The van der Waals surface area contributed by atoms with Gasteiger partial charge in [-0.05, 0) is 43.9 Å². The minimum absolute atomic E-state index is 0.526. The lowest BCUT2D eigenvalue weighted by Gasteiger charge is -2.52. The smallest absolute Gasteiger partial charge is 0.136 e. The summed E-state index contributed by atoms with van der Waals surface area (Å²) in [6, 6.07) is 1.95. The van der Waals surface area contributed by atoms with Crippen LogP contribution in [-0.2, 0) is 4.79 Å². The Morgan fingerprint density at radius 1 is 1.00 bits per heavy atom. The molecule has 1 aliphatic carbocycles. The molecule has 0 aromatic carbocycles. The topological polar surface area (TPSA) is 20.3 Å². The fraction of sp³-hybridized carbons (Fsp3) is 0.938. The molecular weight excluding hydrogens is 222 g/mol. The fourth-order valence-corrected chi connectivity index (χ4v) is 4.84. The maximum Gasteiger partial charge on any atom is 0.136 e. The standard InChI is InChI=1S/C16H27NO/c1-11-6-7-16(12(2)8-11)17-13-4-3-5-14(17)10-15(18)9-13/h11-14,16H,3-10H2,1-2H3. The van der Waals surface area contributed by atoms with Gasteiger partial charge < -0.3 is 0 Å². The first-order chi connectivity index (χ1) is 8.65. The van der Waals surface area contributed by atoms with Crippen LogP contribution in [0.2, 0.25) is 0 Å². The number of rotatable bonds is 1. The van der Waals surface area contributed by atoms with Crippen LogP contribution < -0.4 is 0 Å². The Labute approximate surface area is 111 Å². The second kappa shape index (κ2) is 4.96. The molecule has 5 atom stereocenters. The minimum atomic E-state index is 0.526. The number of ketones is 1. The third-order valence-corrected chi connectivity index (χ3v) is 5.61. The second-order valence-corrected chi connectivity index (χ2v) is 7.10. The highest BCUT2D eigenvalue weighted by molar-refractivity contribution is 5.80. The maximum absolute atomic E-state index is 11.8. The molecule has 3 rings (SSSR count). The molecule has 2 heteroatoms. The second-order valence-electron chi connectivity index (χ2n) is 7.10. The molecule has 3 fully saturated rings. The van der Waals surface area contributed by atoms with E-state index >= 15 is 0 Å². The van der Waals surface area contributed by atoms with Gasteiger partial charge in [-0.25, -0.2) is 0 Å². The molecule has 1 saturated carbocycles.